The van der Waals surface area contributed by atoms with Gasteiger partial charge in [-0.25, -0.2) is 4.98 Å². The van der Waals surface area contributed by atoms with Crippen LogP contribution in [0.5, 0.6) is 0 Å². The molecule has 2 N–H and O–H groups in total. The molecule has 0 unspecified atom stereocenters. The van der Waals surface area contributed by atoms with Crippen molar-refractivity contribution in [3.63, 3.8) is 0 Å². The molecule has 3 rings (SSSR count). The average molecular weight is 343 g/mol. The van der Waals surface area contributed by atoms with Gasteiger partial charge in [-0.3, -0.25) is 9.48 Å². The highest BCUT2D eigenvalue weighted by molar-refractivity contribution is 7.22. The van der Waals surface area contributed by atoms with Gasteiger partial charge in [-0.15, -0.1) is 0 Å². The van der Waals surface area contributed by atoms with E-state index in [1.807, 2.05) is 42.9 Å². The second-order valence-electron chi connectivity index (χ2n) is 5.93. The fourth-order valence-electron chi connectivity index (χ4n) is 2.42. The Kier molecular flexibility index (Phi) is 4.92. The van der Waals surface area contributed by atoms with Crippen molar-refractivity contribution in [2.75, 3.05) is 11.9 Å². The third-order valence-corrected chi connectivity index (χ3v) is 4.97. The molecule has 1 amide bonds. The van der Waals surface area contributed by atoms with E-state index in [-0.39, 0.29) is 24.5 Å². The standard InChI is InChI=1S/C17H21N5OS/c1-11-5-6-14-15(9-11)24-17(20-14)21-16(23)10-18-12(2)13(3)22-8-4-7-19-22/h4-9,12-13,18H,10H2,1-3H3,(H,20,21,23)/t12-,13-/m0/s1. The maximum atomic E-state index is 12.1. The molecule has 2 heterocycles. The van der Waals surface area contributed by atoms with Gasteiger partial charge in [-0.1, -0.05) is 17.4 Å². The van der Waals surface area contributed by atoms with Gasteiger partial charge in [-0.2, -0.15) is 5.10 Å². The number of nitrogens with one attached hydrogen (secondary N) is 2. The van der Waals surface area contributed by atoms with E-state index in [1.54, 1.807) is 6.20 Å². The molecule has 0 saturated heterocycles. The van der Waals surface area contributed by atoms with Crippen LogP contribution in [0.1, 0.15) is 25.5 Å². The lowest BCUT2D eigenvalue weighted by molar-refractivity contribution is -0.115. The van der Waals surface area contributed by atoms with Crippen LogP contribution in [0.3, 0.4) is 0 Å². The lowest BCUT2D eigenvalue weighted by atomic mass is 10.2. The minimum Gasteiger partial charge on any atom is -0.304 e. The Bertz CT molecular complexity index is 827. The number of carbonyl (C=O) groups excluding carboxylic acids is 1. The second kappa shape index (κ2) is 7.11. The van der Waals surface area contributed by atoms with Gasteiger partial charge >= 0.3 is 0 Å². The number of aryl methyl sites for hydroxylation is 1. The second-order valence-corrected chi connectivity index (χ2v) is 6.97. The van der Waals surface area contributed by atoms with Crippen molar-refractivity contribution in [1.29, 1.82) is 0 Å². The molecule has 0 spiro atoms. The van der Waals surface area contributed by atoms with E-state index < -0.39 is 0 Å². The van der Waals surface area contributed by atoms with Gasteiger partial charge in [0.1, 0.15) is 0 Å². The third kappa shape index (κ3) is 3.80. The van der Waals surface area contributed by atoms with E-state index in [2.05, 4.69) is 33.7 Å². The highest BCUT2D eigenvalue weighted by atomic mass is 32.1. The Morgan fingerprint density at radius 1 is 1.38 bits per heavy atom. The van der Waals surface area contributed by atoms with Gasteiger partial charge in [0.15, 0.2) is 5.13 Å². The highest BCUT2D eigenvalue weighted by Gasteiger charge is 2.15. The van der Waals surface area contributed by atoms with Crippen molar-refractivity contribution < 1.29 is 4.79 Å². The summed E-state index contributed by atoms with van der Waals surface area (Å²) >= 11 is 1.49. The predicted octanol–water partition coefficient (Wildman–Crippen LogP) is 2.98. The number of rotatable bonds is 6. The molecule has 0 fully saturated rings. The van der Waals surface area contributed by atoms with Gasteiger partial charge in [0.05, 0.1) is 22.8 Å². The van der Waals surface area contributed by atoms with E-state index in [0.29, 0.717) is 5.13 Å². The first-order valence-electron chi connectivity index (χ1n) is 7.92. The Morgan fingerprint density at radius 2 is 2.21 bits per heavy atom. The normalized spacial score (nSPS) is 13.8. The van der Waals surface area contributed by atoms with E-state index in [9.17, 15) is 4.79 Å². The molecular formula is C17H21N5OS. The number of amides is 1. The van der Waals surface area contributed by atoms with Gasteiger partial charge in [0.2, 0.25) is 5.91 Å². The lowest BCUT2D eigenvalue weighted by Crippen LogP contribution is -2.39. The summed E-state index contributed by atoms with van der Waals surface area (Å²) in [6.07, 6.45) is 3.68. The minimum absolute atomic E-state index is 0.0923. The van der Waals surface area contributed by atoms with Crippen molar-refractivity contribution in [3.8, 4) is 0 Å². The van der Waals surface area contributed by atoms with Crippen LogP contribution in [0, 0.1) is 6.92 Å². The molecule has 2 aromatic heterocycles. The smallest absolute Gasteiger partial charge is 0.240 e. The Labute approximate surface area is 144 Å². The largest absolute Gasteiger partial charge is 0.304 e. The molecule has 0 aliphatic carbocycles. The van der Waals surface area contributed by atoms with Crippen LogP contribution in [0.2, 0.25) is 0 Å². The number of hydrogen-bond donors (Lipinski definition) is 2. The molecule has 0 bridgehead atoms. The number of nitrogens with zero attached hydrogens (tertiary/aromatic N) is 3. The molecule has 0 saturated carbocycles. The van der Waals surface area contributed by atoms with Crippen LogP contribution in [-0.4, -0.2) is 33.3 Å². The van der Waals surface area contributed by atoms with Gasteiger partial charge in [0.25, 0.3) is 0 Å². The monoisotopic (exact) mass is 343 g/mol. The number of fused-ring (bicyclic) bond motifs is 1. The van der Waals surface area contributed by atoms with Crippen molar-refractivity contribution >= 4 is 32.6 Å². The number of benzene rings is 1. The highest BCUT2D eigenvalue weighted by Crippen LogP contribution is 2.26. The number of carbonyl (C=O) groups is 1. The number of aromatic nitrogens is 3. The summed E-state index contributed by atoms with van der Waals surface area (Å²) < 4.78 is 2.96. The Balaban J connectivity index is 1.55. The average Bonchev–Trinajstić information content (AvgIpc) is 3.20. The van der Waals surface area contributed by atoms with Crippen LogP contribution in [0.15, 0.2) is 36.7 Å². The van der Waals surface area contributed by atoms with Crippen molar-refractivity contribution in [2.24, 2.45) is 0 Å². The van der Waals surface area contributed by atoms with E-state index in [4.69, 9.17) is 0 Å². The van der Waals surface area contributed by atoms with Crippen molar-refractivity contribution in [2.45, 2.75) is 32.9 Å². The molecule has 0 aliphatic rings. The van der Waals surface area contributed by atoms with Crippen LogP contribution in [0.25, 0.3) is 10.2 Å². The quantitative estimate of drug-likeness (QED) is 0.722. The zero-order valence-electron chi connectivity index (χ0n) is 14.0. The number of thiazole rings is 1. The summed E-state index contributed by atoms with van der Waals surface area (Å²) in [6.45, 7) is 6.39. The predicted molar refractivity (Wildman–Crippen MR) is 97.4 cm³/mol. The van der Waals surface area contributed by atoms with E-state index >= 15 is 0 Å². The Hall–Kier alpha value is -2.25. The summed E-state index contributed by atoms with van der Waals surface area (Å²) in [5.41, 5.74) is 2.10. The van der Waals surface area contributed by atoms with E-state index in [0.717, 1.165) is 10.2 Å². The topological polar surface area (TPSA) is 71.8 Å². The van der Waals surface area contributed by atoms with Crippen molar-refractivity contribution in [3.05, 3.63) is 42.2 Å². The first-order valence-corrected chi connectivity index (χ1v) is 8.74. The SMILES string of the molecule is Cc1ccc2nc(NC(=O)CN[C@@H](C)[C@H](C)n3cccn3)sc2c1. The fraction of sp³-hybridized carbons (Fsp3) is 0.353. The van der Waals surface area contributed by atoms with Crippen molar-refractivity contribution in [1.82, 2.24) is 20.1 Å². The molecule has 7 heteroatoms. The van der Waals surface area contributed by atoms with Crippen LogP contribution in [-0.2, 0) is 4.79 Å². The fourth-order valence-corrected chi connectivity index (χ4v) is 3.40. The molecule has 6 nitrogen and oxygen atoms in total. The minimum atomic E-state index is -0.0923. The summed E-state index contributed by atoms with van der Waals surface area (Å²) in [5, 5.41) is 11.0. The summed E-state index contributed by atoms with van der Waals surface area (Å²) in [7, 11) is 0. The first kappa shape index (κ1) is 16.6. The lowest BCUT2D eigenvalue weighted by Gasteiger charge is -2.21. The molecule has 0 radical (unpaired) electrons. The van der Waals surface area contributed by atoms with Crippen LogP contribution in [0.4, 0.5) is 5.13 Å². The molecule has 1 aromatic carbocycles. The van der Waals surface area contributed by atoms with Gasteiger partial charge < -0.3 is 10.6 Å². The zero-order valence-corrected chi connectivity index (χ0v) is 14.8. The molecule has 24 heavy (non-hydrogen) atoms. The summed E-state index contributed by atoms with van der Waals surface area (Å²) in [4.78, 5) is 16.6. The molecule has 2 atom stereocenters. The molecule has 126 valence electrons. The number of anilines is 1. The number of hydrogen-bond acceptors (Lipinski definition) is 5. The molecule has 3 aromatic rings. The van der Waals surface area contributed by atoms with Crippen LogP contribution >= 0.6 is 11.3 Å². The Morgan fingerprint density at radius 3 is 2.96 bits per heavy atom. The van der Waals surface area contributed by atoms with Crippen LogP contribution < -0.4 is 10.6 Å². The van der Waals surface area contributed by atoms with Gasteiger partial charge in [-0.05, 0) is 44.5 Å². The van der Waals surface area contributed by atoms with E-state index in [1.165, 1.54) is 16.9 Å². The third-order valence-electron chi connectivity index (χ3n) is 4.04. The van der Waals surface area contributed by atoms with Gasteiger partial charge in [0, 0.05) is 18.4 Å². The molecule has 0 aliphatic heterocycles. The first-order chi connectivity index (χ1) is 11.5. The maximum absolute atomic E-state index is 12.1. The summed E-state index contributed by atoms with van der Waals surface area (Å²) in [5.74, 6) is -0.0923. The molecular weight excluding hydrogens is 322 g/mol. The maximum Gasteiger partial charge on any atom is 0.240 e. The summed E-state index contributed by atoms with van der Waals surface area (Å²) in [6, 6.07) is 8.25. The zero-order chi connectivity index (χ0) is 17.1.